The molecule has 5 heteroatoms. The summed E-state index contributed by atoms with van der Waals surface area (Å²) in [6, 6.07) is 0. The van der Waals surface area contributed by atoms with E-state index in [1.165, 1.54) is 38.9 Å². The van der Waals surface area contributed by atoms with Crippen molar-refractivity contribution in [2.45, 2.75) is 45.3 Å². The third kappa shape index (κ3) is 8.57. The molecule has 0 radical (unpaired) electrons. The molecule has 1 rings (SSSR count). The average Bonchev–Trinajstić information content (AvgIpc) is 2.50. The van der Waals surface area contributed by atoms with Crippen molar-refractivity contribution < 1.29 is 0 Å². The van der Waals surface area contributed by atoms with Crippen LogP contribution in [0.2, 0.25) is 0 Å². The molecule has 124 valence electrons. The molecular weight excluding hydrogens is 280 g/mol. The number of thioether (sulfide) groups is 1. The minimum atomic E-state index is 0.579. The van der Waals surface area contributed by atoms with Crippen LogP contribution in [0.1, 0.15) is 40.0 Å². The van der Waals surface area contributed by atoms with Crippen molar-refractivity contribution in [3.05, 3.63) is 0 Å². The molecule has 1 fully saturated rings. The smallest absolute Gasteiger partial charge is 0.191 e. The molecule has 0 aliphatic carbocycles. The van der Waals surface area contributed by atoms with Crippen molar-refractivity contribution in [3.8, 4) is 0 Å². The Balaban J connectivity index is 2.17. The molecule has 0 spiro atoms. The molecular formula is C16H34N4S. The van der Waals surface area contributed by atoms with E-state index in [4.69, 9.17) is 0 Å². The van der Waals surface area contributed by atoms with Crippen molar-refractivity contribution in [1.82, 2.24) is 15.5 Å². The third-order valence-electron chi connectivity index (χ3n) is 4.07. The highest BCUT2D eigenvalue weighted by Crippen LogP contribution is 2.15. The molecule has 1 aliphatic heterocycles. The van der Waals surface area contributed by atoms with E-state index in [-0.39, 0.29) is 0 Å². The highest BCUT2D eigenvalue weighted by atomic mass is 32.2. The van der Waals surface area contributed by atoms with Crippen LogP contribution >= 0.6 is 11.8 Å². The van der Waals surface area contributed by atoms with Gasteiger partial charge in [0, 0.05) is 18.3 Å². The zero-order valence-electron chi connectivity index (χ0n) is 14.3. The van der Waals surface area contributed by atoms with E-state index in [1.807, 2.05) is 11.8 Å². The molecule has 1 unspecified atom stereocenters. The average molecular weight is 315 g/mol. The Morgan fingerprint density at radius 1 is 1.33 bits per heavy atom. The van der Waals surface area contributed by atoms with Gasteiger partial charge in [0.25, 0.3) is 0 Å². The predicted octanol–water partition coefficient (Wildman–Crippen LogP) is 2.42. The van der Waals surface area contributed by atoms with Crippen LogP contribution in [0.25, 0.3) is 0 Å². The molecule has 2 N–H and O–H groups in total. The summed E-state index contributed by atoms with van der Waals surface area (Å²) in [5.74, 6) is 1.89. The number of likely N-dealkylation sites (tertiary alicyclic amines) is 1. The predicted molar refractivity (Wildman–Crippen MR) is 96.4 cm³/mol. The minimum Gasteiger partial charge on any atom is -0.357 e. The quantitative estimate of drug-likeness (QED) is 0.410. The summed E-state index contributed by atoms with van der Waals surface area (Å²) in [5.41, 5.74) is 0. The molecule has 4 nitrogen and oxygen atoms in total. The molecule has 0 saturated carbocycles. The first-order chi connectivity index (χ1) is 10.2. The second-order valence-corrected chi connectivity index (χ2v) is 7.35. The van der Waals surface area contributed by atoms with Crippen molar-refractivity contribution >= 4 is 17.7 Å². The van der Waals surface area contributed by atoms with Gasteiger partial charge in [0.05, 0.1) is 6.54 Å². The summed E-state index contributed by atoms with van der Waals surface area (Å²) in [7, 11) is 0. The maximum Gasteiger partial charge on any atom is 0.191 e. The number of guanidine groups is 1. The lowest BCUT2D eigenvalue weighted by Gasteiger charge is -2.30. The van der Waals surface area contributed by atoms with E-state index in [0.29, 0.717) is 5.25 Å². The largest absolute Gasteiger partial charge is 0.357 e. The van der Waals surface area contributed by atoms with E-state index in [0.717, 1.165) is 31.5 Å². The van der Waals surface area contributed by atoms with Gasteiger partial charge in [0.1, 0.15) is 0 Å². The number of hydrogen-bond acceptors (Lipinski definition) is 3. The van der Waals surface area contributed by atoms with Crippen LogP contribution in [-0.2, 0) is 0 Å². The first-order valence-corrected chi connectivity index (χ1v) is 9.71. The fraction of sp³-hybridized carbons (Fsp3) is 0.938. The monoisotopic (exact) mass is 314 g/mol. The van der Waals surface area contributed by atoms with Gasteiger partial charge in [0.2, 0.25) is 0 Å². The first kappa shape index (κ1) is 18.6. The normalized spacial score (nSPS) is 19.5. The lowest BCUT2D eigenvalue weighted by Crippen LogP contribution is -2.40. The summed E-state index contributed by atoms with van der Waals surface area (Å²) in [6.07, 6.45) is 6.06. The van der Waals surface area contributed by atoms with Crippen molar-refractivity contribution in [2.75, 3.05) is 45.5 Å². The van der Waals surface area contributed by atoms with Crippen LogP contribution in [-0.4, -0.2) is 61.6 Å². The minimum absolute atomic E-state index is 0.579. The molecule has 0 bridgehead atoms. The molecule has 1 atom stereocenters. The summed E-state index contributed by atoms with van der Waals surface area (Å²) >= 11 is 1.86. The van der Waals surface area contributed by atoms with E-state index < -0.39 is 0 Å². The number of rotatable bonds is 8. The summed E-state index contributed by atoms with van der Waals surface area (Å²) in [6.45, 7) is 13.3. The van der Waals surface area contributed by atoms with Gasteiger partial charge in [-0.2, -0.15) is 11.8 Å². The van der Waals surface area contributed by atoms with Gasteiger partial charge in [-0.3, -0.25) is 4.99 Å². The van der Waals surface area contributed by atoms with Gasteiger partial charge < -0.3 is 15.5 Å². The van der Waals surface area contributed by atoms with Crippen LogP contribution < -0.4 is 10.6 Å². The van der Waals surface area contributed by atoms with Crippen LogP contribution in [0, 0.1) is 5.92 Å². The van der Waals surface area contributed by atoms with Crippen molar-refractivity contribution in [3.63, 3.8) is 0 Å². The second-order valence-electron chi connectivity index (χ2n) is 6.07. The number of piperidine rings is 1. The van der Waals surface area contributed by atoms with Gasteiger partial charge in [-0.25, -0.2) is 0 Å². The van der Waals surface area contributed by atoms with Crippen LogP contribution in [0.15, 0.2) is 4.99 Å². The van der Waals surface area contributed by atoms with Gasteiger partial charge in [-0.05, 0) is 58.0 Å². The maximum absolute atomic E-state index is 4.64. The van der Waals surface area contributed by atoms with Crippen LogP contribution in [0.5, 0.6) is 0 Å². The maximum atomic E-state index is 4.64. The number of nitrogens with one attached hydrogen (secondary N) is 2. The molecule has 1 saturated heterocycles. The SMILES string of the molecule is CCNC(=NCC(C)SC)NCCCN1CCC(C)CC1. The second kappa shape index (κ2) is 11.2. The summed E-state index contributed by atoms with van der Waals surface area (Å²) in [5, 5.41) is 7.35. The van der Waals surface area contributed by atoms with Crippen LogP contribution in [0.4, 0.5) is 0 Å². The Labute approximate surface area is 135 Å². The molecule has 1 aliphatic rings. The summed E-state index contributed by atoms with van der Waals surface area (Å²) < 4.78 is 0. The number of nitrogens with zero attached hydrogens (tertiary/aromatic N) is 2. The van der Waals surface area contributed by atoms with E-state index >= 15 is 0 Å². The Morgan fingerprint density at radius 2 is 2.05 bits per heavy atom. The lowest BCUT2D eigenvalue weighted by molar-refractivity contribution is 0.191. The first-order valence-electron chi connectivity index (χ1n) is 8.43. The Kier molecular flexibility index (Phi) is 9.92. The van der Waals surface area contributed by atoms with Gasteiger partial charge >= 0.3 is 0 Å². The van der Waals surface area contributed by atoms with Crippen molar-refractivity contribution in [2.24, 2.45) is 10.9 Å². The Morgan fingerprint density at radius 3 is 2.67 bits per heavy atom. The van der Waals surface area contributed by atoms with E-state index in [2.05, 4.69) is 47.6 Å². The summed E-state index contributed by atoms with van der Waals surface area (Å²) in [4.78, 5) is 7.24. The molecule has 0 aromatic rings. The molecule has 0 aromatic heterocycles. The van der Waals surface area contributed by atoms with Gasteiger partial charge in [-0.1, -0.05) is 13.8 Å². The highest BCUT2D eigenvalue weighted by molar-refractivity contribution is 7.99. The number of aliphatic imine (C=N–C) groups is 1. The molecule has 0 amide bonds. The zero-order chi connectivity index (χ0) is 15.5. The third-order valence-corrected chi connectivity index (χ3v) is 5.03. The zero-order valence-corrected chi connectivity index (χ0v) is 15.1. The van der Waals surface area contributed by atoms with E-state index in [9.17, 15) is 0 Å². The van der Waals surface area contributed by atoms with Gasteiger partial charge in [-0.15, -0.1) is 0 Å². The van der Waals surface area contributed by atoms with Crippen molar-refractivity contribution in [1.29, 1.82) is 0 Å². The van der Waals surface area contributed by atoms with Gasteiger partial charge in [0.15, 0.2) is 5.96 Å². The fourth-order valence-electron chi connectivity index (χ4n) is 2.43. The van der Waals surface area contributed by atoms with Crippen LogP contribution in [0.3, 0.4) is 0 Å². The molecule has 1 heterocycles. The molecule has 0 aromatic carbocycles. The highest BCUT2D eigenvalue weighted by Gasteiger charge is 2.14. The standard InChI is InChI=1S/C16H34N4S/c1-5-17-16(19-13-15(3)21-4)18-9-6-10-20-11-7-14(2)8-12-20/h14-15H,5-13H2,1-4H3,(H2,17,18,19). The Bertz CT molecular complexity index is 288. The topological polar surface area (TPSA) is 39.7 Å². The number of hydrogen-bond donors (Lipinski definition) is 2. The van der Waals surface area contributed by atoms with E-state index in [1.54, 1.807) is 0 Å². The lowest BCUT2D eigenvalue weighted by atomic mass is 9.99. The fourth-order valence-corrected chi connectivity index (χ4v) is 2.65. The molecule has 21 heavy (non-hydrogen) atoms. The Hall–Kier alpha value is -0.420.